The molecule has 0 N–H and O–H groups in total. The first-order valence-electron chi connectivity index (χ1n) is 9.78. The average Bonchev–Trinajstić information content (AvgIpc) is 3.48. The van der Waals surface area contributed by atoms with Crippen molar-refractivity contribution < 1.29 is 13.9 Å². The Morgan fingerprint density at radius 3 is 2.53 bits per heavy atom. The number of rotatable bonds is 6. The number of ether oxygens (including phenoxy) is 1. The average molecular weight is 505 g/mol. The van der Waals surface area contributed by atoms with Gasteiger partial charge < -0.3 is 9.15 Å². The molecule has 4 aromatic rings. The van der Waals surface area contributed by atoms with Crippen molar-refractivity contribution in [2.75, 3.05) is 6.61 Å². The summed E-state index contributed by atoms with van der Waals surface area (Å²) in [4.78, 5) is 16.4. The van der Waals surface area contributed by atoms with Gasteiger partial charge in [-0.2, -0.15) is 5.26 Å². The molecule has 0 saturated carbocycles. The first kappa shape index (κ1) is 21.8. The molecule has 0 atom stereocenters. The van der Waals surface area contributed by atoms with E-state index in [1.54, 1.807) is 43.3 Å². The number of benzene rings is 2. The van der Waals surface area contributed by atoms with Crippen LogP contribution < -0.4 is 0 Å². The van der Waals surface area contributed by atoms with Crippen LogP contribution in [0.25, 0.3) is 34.2 Å². The first-order chi connectivity index (χ1) is 15.6. The topological polar surface area (TPSA) is 76.1 Å². The minimum absolute atomic E-state index is 0.333. The van der Waals surface area contributed by atoms with Gasteiger partial charge in [0.15, 0.2) is 0 Å². The predicted octanol–water partition coefficient (Wildman–Crippen LogP) is 7.07. The second-order valence-electron chi connectivity index (χ2n) is 6.71. The molecule has 2 aromatic carbocycles. The Hall–Kier alpha value is -3.47. The summed E-state index contributed by atoms with van der Waals surface area (Å²) in [7, 11) is 0. The minimum Gasteiger partial charge on any atom is -0.462 e. The molecule has 0 saturated heterocycles. The third-order valence-electron chi connectivity index (χ3n) is 4.59. The van der Waals surface area contributed by atoms with E-state index in [0.29, 0.717) is 34.3 Å². The lowest BCUT2D eigenvalue weighted by atomic mass is 10.1. The van der Waals surface area contributed by atoms with E-state index in [2.05, 4.69) is 27.0 Å². The normalized spacial score (nSPS) is 11.2. The van der Waals surface area contributed by atoms with Gasteiger partial charge in [-0.15, -0.1) is 11.3 Å². The van der Waals surface area contributed by atoms with Crippen LogP contribution in [0.3, 0.4) is 0 Å². The smallest absolute Gasteiger partial charge is 0.338 e. The van der Waals surface area contributed by atoms with Crippen LogP contribution in [-0.4, -0.2) is 17.6 Å². The summed E-state index contributed by atoms with van der Waals surface area (Å²) in [6.07, 6.45) is 1.68. The number of carbonyl (C=O) groups is 1. The van der Waals surface area contributed by atoms with Gasteiger partial charge in [0.1, 0.15) is 22.6 Å². The van der Waals surface area contributed by atoms with Gasteiger partial charge in [-0.1, -0.05) is 40.2 Å². The van der Waals surface area contributed by atoms with Gasteiger partial charge in [-0.25, -0.2) is 9.78 Å². The summed E-state index contributed by atoms with van der Waals surface area (Å²) in [5, 5.41) is 12.2. The van der Waals surface area contributed by atoms with Gasteiger partial charge in [0.25, 0.3) is 0 Å². The molecule has 0 aliphatic heterocycles. The van der Waals surface area contributed by atoms with Crippen LogP contribution >= 0.6 is 27.3 Å². The third-order valence-corrected chi connectivity index (χ3v) is 5.99. The van der Waals surface area contributed by atoms with E-state index in [1.807, 2.05) is 35.7 Å². The van der Waals surface area contributed by atoms with Gasteiger partial charge in [0.2, 0.25) is 0 Å². The van der Waals surface area contributed by atoms with Crippen LogP contribution in [0.2, 0.25) is 0 Å². The molecule has 2 heterocycles. The van der Waals surface area contributed by atoms with E-state index in [4.69, 9.17) is 9.15 Å². The fourth-order valence-electron chi connectivity index (χ4n) is 3.01. The number of hydrogen-bond donors (Lipinski definition) is 0. The van der Waals surface area contributed by atoms with Gasteiger partial charge in [0.05, 0.1) is 23.4 Å². The number of nitrogens with zero attached hydrogens (tertiary/aromatic N) is 2. The molecule has 0 spiro atoms. The second-order valence-corrected chi connectivity index (χ2v) is 8.49. The van der Waals surface area contributed by atoms with E-state index in [9.17, 15) is 10.1 Å². The Morgan fingerprint density at radius 1 is 1.12 bits per heavy atom. The summed E-state index contributed by atoms with van der Waals surface area (Å²) in [6, 6.07) is 20.7. The van der Waals surface area contributed by atoms with Crippen molar-refractivity contribution in [1.29, 1.82) is 5.26 Å². The molecule has 0 aliphatic rings. The standard InChI is InChI=1S/C25H17BrN2O3S/c1-2-30-25(29)18-5-3-17(4-6-18)23-12-11-21(31-23)13-19(14-27)24-28-22(15-32-24)16-7-9-20(26)10-8-16/h3-13,15H,2H2,1H3/b19-13+. The van der Waals surface area contributed by atoms with E-state index < -0.39 is 0 Å². The van der Waals surface area contributed by atoms with Crippen LogP contribution in [0, 0.1) is 11.3 Å². The highest BCUT2D eigenvalue weighted by Gasteiger charge is 2.12. The first-order valence-corrected chi connectivity index (χ1v) is 11.5. The molecule has 0 amide bonds. The lowest BCUT2D eigenvalue weighted by molar-refractivity contribution is 0.0526. The number of esters is 1. The molecule has 0 aliphatic carbocycles. The molecule has 2 aromatic heterocycles. The molecular formula is C25H17BrN2O3S. The predicted molar refractivity (Wildman–Crippen MR) is 129 cm³/mol. The van der Waals surface area contributed by atoms with Gasteiger partial charge >= 0.3 is 5.97 Å². The molecular weight excluding hydrogens is 488 g/mol. The van der Waals surface area contributed by atoms with E-state index in [-0.39, 0.29) is 5.97 Å². The van der Waals surface area contributed by atoms with Crippen LogP contribution in [0.4, 0.5) is 0 Å². The summed E-state index contributed by atoms with van der Waals surface area (Å²) in [5.74, 6) is 0.830. The number of halogens is 1. The number of furan rings is 1. The van der Waals surface area contributed by atoms with Crippen molar-refractivity contribution in [3.63, 3.8) is 0 Å². The van der Waals surface area contributed by atoms with E-state index in [0.717, 1.165) is 21.3 Å². The molecule has 0 fully saturated rings. The Bertz CT molecular complexity index is 1310. The SMILES string of the molecule is CCOC(=O)c1ccc(-c2ccc(/C=C(\C#N)c3nc(-c4ccc(Br)cc4)cs3)o2)cc1. The molecule has 0 radical (unpaired) electrons. The molecule has 32 heavy (non-hydrogen) atoms. The van der Waals surface area contributed by atoms with Crippen molar-refractivity contribution in [1.82, 2.24) is 4.98 Å². The summed E-state index contributed by atoms with van der Waals surface area (Å²) in [5.41, 5.74) is 3.54. The van der Waals surface area contributed by atoms with Crippen molar-refractivity contribution >= 4 is 44.9 Å². The maximum Gasteiger partial charge on any atom is 0.338 e. The Balaban J connectivity index is 1.55. The van der Waals surface area contributed by atoms with Crippen molar-refractivity contribution in [2.45, 2.75) is 6.92 Å². The number of thiazole rings is 1. The minimum atomic E-state index is -0.355. The van der Waals surface area contributed by atoms with Crippen molar-refractivity contribution in [3.05, 3.63) is 86.8 Å². The fourth-order valence-corrected chi connectivity index (χ4v) is 4.06. The van der Waals surface area contributed by atoms with Gasteiger partial charge in [0, 0.05) is 27.1 Å². The number of hydrogen-bond acceptors (Lipinski definition) is 6. The van der Waals surface area contributed by atoms with Crippen LogP contribution in [0.5, 0.6) is 0 Å². The monoisotopic (exact) mass is 504 g/mol. The zero-order chi connectivity index (χ0) is 22.5. The summed E-state index contributed by atoms with van der Waals surface area (Å²) < 4.78 is 11.9. The summed E-state index contributed by atoms with van der Waals surface area (Å²) >= 11 is 4.84. The van der Waals surface area contributed by atoms with Crippen molar-refractivity contribution in [3.8, 4) is 28.7 Å². The van der Waals surface area contributed by atoms with E-state index >= 15 is 0 Å². The lowest BCUT2D eigenvalue weighted by Crippen LogP contribution is -2.03. The third kappa shape index (κ3) is 4.88. The van der Waals surface area contributed by atoms with Gasteiger partial charge in [-0.05, 0) is 43.3 Å². The van der Waals surface area contributed by atoms with Crippen molar-refractivity contribution in [2.24, 2.45) is 0 Å². The van der Waals surface area contributed by atoms with E-state index in [1.165, 1.54) is 11.3 Å². The molecule has 0 bridgehead atoms. The zero-order valence-electron chi connectivity index (χ0n) is 17.0. The highest BCUT2D eigenvalue weighted by atomic mass is 79.9. The van der Waals surface area contributed by atoms with Crippen LogP contribution in [0.15, 0.2) is 74.9 Å². The largest absolute Gasteiger partial charge is 0.462 e. The molecule has 7 heteroatoms. The maximum atomic E-state index is 11.8. The molecule has 0 unspecified atom stereocenters. The second kappa shape index (κ2) is 9.77. The number of allylic oxidation sites excluding steroid dienone is 1. The number of nitriles is 1. The fraction of sp³-hybridized carbons (Fsp3) is 0.0800. The Labute approximate surface area is 197 Å². The molecule has 5 nitrogen and oxygen atoms in total. The number of carbonyl (C=O) groups excluding carboxylic acids is 1. The highest BCUT2D eigenvalue weighted by molar-refractivity contribution is 9.10. The number of aromatic nitrogens is 1. The maximum absolute atomic E-state index is 11.8. The Kier molecular flexibility index (Phi) is 6.64. The zero-order valence-corrected chi connectivity index (χ0v) is 19.4. The quantitative estimate of drug-likeness (QED) is 0.207. The van der Waals surface area contributed by atoms with Crippen LogP contribution in [0.1, 0.15) is 28.0 Å². The highest BCUT2D eigenvalue weighted by Crippen LogP contribution is 2.29. The Morgan fingerprint density at radius 2 is 1.84 bits per heavy atom. The molecule has 4 rings (SSSR count). The molecule has 158 valence electrons. The van der Waals surface area contributed by atoms with Crippen LogP contribution in [-0.2, 0) is 4.74 Å². The summed E-state index contributed by atoms with van der Waals surface area (Å²) in [6.45, 7) is 2.10. The van der Waals surface area contributed by atoms with Gasteiger partial charge in [-0.3, -0.25) is 0 Å². The lowest BCUT2D eigenvalue weighted by Gasteiger charge is -2.02.